The highest BCUT2D eigenvalue weighted by molar-refractivity contribution is 4.90. The first-order valence-corrected chi connectivity index (χ1v) is 6.67. The fourth-order valence-corrected chi connectivity index (χ4v) is 2.70. The third kappa shape index (κ3) is 4.54. The predicted octanol–water partition coefficient (Wildman–Crippen LogP) is 0.371. The minimum atomic E-state index is -0.196. The highest BCUT2D eigenvalue weighted by atomic mass is 16.3. The molecule has 0 bridgehead atoms. The molecule has 1 fully saturated rings. The van der Waals surface area contributed by atoms with Crippen LogP contribution in [0.15, 0.2) is 0 Å². The molecule has 0 amide bonds. The summed E-state index contributed by atoms with van der Waals surface area (Å²) in [6, 6.07) is 0.962. The highest BCUT2D eigenvalue weighted by Crippen LogP contribution is 2.14. The van der Waals surface area contributed by atoms with Crippen LogP contribution in [0.1, 0.15) is 27.7 Å². The second-order valence-corrected chi connectivity index (χ2v) is 6.10. The fraction of sp³-hybridized carbons (Fsp3) is 1.00. The molecule has 2 atom stereocenters. The Labute approximate surface area is 106 Å². The third-order valence-electron chi connectivity index (χ3n) is 3.51. The molecule has 0 aliphatic carbocycles. The van der Waals surface area contributed by atoms with Crippen LogP contribution >= 0.6 is 0 Å². The Balaban J connectivity index is 2.55. The van der Waals surface area contributed by atoms with Crippen molar-refractivity contribution in [2.45, 2.75) is 45.3 Å². The van der Waals surface area contributed by atoms with Gasteiger partial charge in [-0.3, -0.25) is 4.90 Å². The van der Waals surface area contributed by atoms with Crippen LogP contribution in [-0.4, -0.2) is 72.4 Å². The lowest BCUT2D eigenvalue weighted by Gasteiger charge is -2.43. The first kappa shape index (κ1) is 14.9. The third-order valence-corrected chi connectivity index (χ3v) is 3.51. The van der Waals surface area contributed by atoms with E-state index >= 15 is 0 Å². The van der Waals surface area contributed by atoms with Crippen LogP contribution in [0.2, 0.25) is 0 Å². The van der Waals surface area contributed by atoms with E-state index in [1.54, 1.807) is 0 Å². The van der Waals surface area contributed by atoms with Gasteiger partial charge in [-0.1, -0.05) is 13.8 Å². The van der Waals surface area contributed by atoms with Gasteiger partial charge in [0, 0.05) is 38.3 Å². The van der Waals surface area contributed by atoms with Crippen molar-refractivity contribution in [3.63, 3.8) is 0 Å². The van der Waals surface area contributed by atoms with Crippen molar-refractivity contribution < 1.29 is 5.11 Å². The van der Waals surface area contributed by atoms with Crippen LogP contribution in [0.25, 0.3) is 0 Å². The van der Waals surface area contributed by atoms with Gasteiger partial charge in [-0.25, -0.2) is 0 Å². The normalized spacial score (nSPS) is 27.4. The molecule has 17 heavy (non-hydrogen) atoms. The van der Waals surface area contributed by atoms with Crippen molar-refractivity contribution in [3.8, 4) is 0 Å². The van der Waals surface area contributed by atoms with Gasteiger partial charge in [0.05, 0.1) is 12.1 Å². The number of hydrogen-bond acceptors (Lipinski definition) is 4. The molecule has 0 aromatic carbocycles. The first-order chi connectivity index (χ1) is 7.86. The van der Waals surface area contributed by atoms with Gasteiger partial charge in [0.1, 0.15) is 0 Å². The van der Waals surface area contributed by atoms with E-state index in [1.165, 1.54) is 0 Å². The minimum absolute atomic E-state index is 0.185. The monoisotopic (exact) mass is 243 g/mol. The minimum Gasteiger partial charge on any atom is -0.394 e. The molecule has 1 heterocycles. The maximum absolute atomic E-state index is 9.60. The second-order valence-electron chi connectivity index (χ2n) is 6.10. The van der Waals surface area contributed by atoms with E-state index in [2.05, 4.69) is 49.9 Å². The number of aliphatic hydroxyl groups excluding tert-OH is 1. The SMILES string of the molecule is CC(C)NC(C)(CO)CN1CCN(C)CC1C. The molecular weight excluding hydrogens is 214 g/mol. The average molecular weight is 243 g/mol. The van der Waals surface area contributed by atoms with Crippen molar-refractivity contribution in [2.24, 2.45) is 0 Å². The lowest BCUT2D eigenvalue weighted by Crippen LogP contribution is -2.61. The average Bonchev–Trinajstić information content (AvgIpc) is 2.21. The Morgan fingerprint density at radius 3 is 2.53 bits per heavy atom. The zero-order valence-electron chi connectivity index (χ0n) is 12.0. The van der Waals surface area contributed by atoms with Gasteiger partial charge >= 0.3 is 0 Å². The molecule has 2 N–H and O–H groups in total. The summed E-state index contributed by atoms with van der Waals surface area (Å²) in [4.78, 5) is 4.85. The molecule has 4 nitrogen and oxygen atoms in total. The Kier molecular flexibility index (Phi) is 5.38. The number of aliphatic hydroxyl groups is 1. The number of nitrogens with one attached hydrogen (secondary N) is 1. The molecule has 1 aliphatic rings. The molecule has 0 aromatic heterocycles. The molecule has 0 saturated carbocycles. The quantitative estimate of drug-likeness (QED) is 0.732. The van der Waals surface area contributed by atoms with Crippen LogP contribution in [0, 0.1) is 0 Å². The Morgan fingerprint density at radius 1 is 1.41 bits per heavy atom. The van der Waals surface area contributed by atoms with Crippen molar-refractivity contribution in [2.75, 3.05) is 39.8 Å². The van der Waals surface area contributed by atoms with Crippen molar-refractivity contribution in [1.82, 2.24) is 15.1 Å². The molecular formula is C13H29N3O. The summed E-state index contributed by atoms with van der Waals surface area (Å²) in [7, 11) is 2.17. The van der Waals surface area contributed by atoms with E-state index in [0.717, 1.165) is 26.2 Å². The number of rotatable bonds is 5. The molecule has 1 aliphatic heterocycles. The van der Waals surface area contributed by atoms with Crippen LogP contribution in [0.4, 0.5) is 0 Å². The molecule has 0 spiro atoms. The van der Waals surface area contributed by atoms with Gasteiger partial charge in [0.15, 0.2) is 0 Å². The summed E-state index contributed by atoms with van der Waals surface area (Å²) in [6.45, 7) is 13.0. The van der Waals surface area contributed by atoms with Crippen molar-refractivity contribution in [3.05, 3.63) is 0 Å². The van der Waals surface area contributed by atoms with E-state index in [4.69, 9.17) is 0 Å². The number of hydrogen-bond donors (Lipinski definition) is 2. The zero-order chi connectivity index (χ0) is 13.1. The largest absolute Gasteiger partial charge is 0.394 e. The zero-order valence-corrected chi connectivity index (χ0v) is 12.0. The van der Waals surface area contributed by atoms with Crippen molar-refractivity contribution >= 4 is 0 Å². The van der Waals surface area contributed by atoms with E-state index < -0.39 is 0 Å². The Morgan fingerprint density at radius 2 is 2.06 bits per heavy atom. The molecule has 0 radical (unpaired) electrons. The van der Waals surface area contributed by atoms with Gasteiger partial charge in [-0.15, -0.1) is 0 Å². The molecule has 102 valence electrons. The summed E-state index contributed by atoms with van der Waals surface area (Å²) in [5.74, 6) is 0. The van der Waals surface area contributed by atoms with Crippen LogP contribution in [0.3, 0.4) is 0 Å². The first-order valence-electron chi connectivity index (χ1n) is 6.67. The van der Waals surface area contributed by atoms with Gasteiger partial charge in [-0.2, -0.15) is 0 Å². The molecule has 1 saturated heterocycles. The Hall–Kier alpha value is -0.160. The summed E-state index contributed by atoms with van der Waals surface area (Å²) in [5.41, 5.74) is -0.196. The maximum Gasteiger partial charge on any atom is 0.0623 e. The van der Waals surface area contributed by atoms with Gasteiger partial charge in [0.2, 0.25) is 0 Å². The predicted molar refractivity (Wildman–Crippen MR) is 72.3 cm³/mol. The molecule has 4 heteroatoms. The van der Waals surface area contributed by atoms with Gasteiger partial charge in [-0.05, 0) is 20.9 Å². The lowest BCUT2D eigenvalue weighted by molar-refractivity contribution is 0.0502. The summed E-state index contributed by atoms with van der Waals surface area (Å²) >= 11 is 0. The van der Waals surface area contributed by atoms with Crippen LogP contribution in [-0.2, 0) is 0 Å². The topological polar surface area (TPSA) is 38.7 Å². The smallest absolute Gasteiger partial charge is 0.0623 e. The number of likely N-dealkylation sites (N-methyl/N-ethyl adjacent to an activating group) is 1. The van der Waals surface area contributed by atoms with E-state index in [9.17, 15) is 5.11 Å². The fourth-order valence-electron chi connectivity index (χ4n) is 2.70. The van der Waals surface area contributed by atoms with Gasteiger partial charge in [0.25, 0.3) is 0 Å². The summed E-state index contributed by atoms with van der Waals surface area (Å²) in [6.07, 6.45) is 0. The Bertz CT molecular complexity index is 235. The van der Waals surface area contributed by atoms with Crippen LogP contribution < -0.4 is 5.32 Å². The lowest BCUT2D eigenvalue weighted by atomic mass is 10.00. The van der Waals surface area contributed by atoms with Gasteiger partial charge < -0.3 is 15.3 Å². The maximum atomic E-state index is 9.60. The van der Waals surface area contributed by atoms with E-state index in [-0.39, 0.29) is 12.1 Å². The van der Waals surface area contributed by atoms with E-state index in [0.29, 0.717) is 12.1 Å². The number of nitrogens with zero attached hydrogens (tertiary/aromatic N) is 2. The van der Waals surface area contributed by atoms with Crippen molar-refractivity contribution in [1.29, 1.82) is 0 Å². The highest BCUT2D eigenvalue weighted by Gasteiger charge is 2.30. The standard InChI is InChI=1S/C13H29N3O/c1-11(2)14-13(4,10-17)9-16-7-6-15(5)8-12(16)3/h11-12,14,17H,6-10H2,1-5H3. The van der Waals surface area contributed by atoms with Crippen LogP contribution in [0.5, 0.6) is 0 Å². The molecule has 0 aromatic rings. The molecule has 2 unspecified atom stereocenters. The summed E-state index contributed by atoms with van der Waals surface area (Å²) < 4.78 is 0. The second kappa shape index (κ2) is 6.14. The van der Waals surface area contributed by atoms with E-state index in [1.807, 2.05) is 0 Å². The number of piperazine rings is 1. The summed E-state index contributed by atoms with van der Waals surface area (Å²) in [5, 5.41) is 13.1. The molecule has 1 rings (SSSR count).